The van der Waals surface area contributed by atoms with Crippen LogP contribution in [0, 0.1) is 11.3 Å². The molecule has 4 amide bonds. The van der Waals surface area contributed by atoms with Crippen LogP contribution >= 0.6 is 0 Å². The number of carbonyl (C=O) groups excluding carboxylic acids is 4. The molecular formula is C23H17F3N4O4. The SMILES string of the molecule is N#Cc1cccc([C@@H](NC(=O)c2ccc3c(c2)CN(C2CCC(=O)NC2=O)C3=O)C(F)(F)F)c1. The van der Waals surface area contributed by atoms with Gasteiger partial charge in [-0.2, -0.15) is 18.4 Å². The van der Waals surface area contributed by atoms with Crippen LogP contribution in [0.5, 0.6) is 0 Å². The fourth-order valence-electron chi connectivity index (χ4n) is 4.07. The van der Waals surface area contributed by atoms with Crippen LogP contribution in [-0.2, 0) is 16.1 Å². The monoisotopic (exact) mass is 470 g/mol. The van der Waals surface area contributed by atoms with Gasteiger partial charge in [-0.15, -0.1) is 0 Å². The predicted molar refractivity (Wildman–Crippen MR) is 110 cm³/mol. The lowest BCUT2D eigenvalue weighted by molar-refractivity contribution is -0.155. The van der Waals surface area contributed by atoms with Gasteiger partial charge >= 0.3 is 6.18 Å². The lowest BCUT2D eigenvalue weighted by Crippen LogP contribution is -2.52. The average Bonchev–Trinajstić information content (AvgIpc) is 3.12. The summed E-state index contributed by atoms with van der Waals surface area (Å²) < 4.78 is 41.1. The number of halogens is 3. The Morgan fingerprint density at radius 2 is 1.94 bits per heavy atom. The van der Waals surface area contributed by atoms with Gasteiger partial charge in [-0.1, -0.05) is 12.1 Å². The average molecular weight is 470 g/mol. The third-order valence-electron chi connectivity index (χ3n) is 5.74. The maximum Gasteiger partial charge on any atom is 0.412 e. The molecule has 11 heteroatoms. The van der Waals surface area contributed by atoms with Gasteiger partial charge in [-0.25, -0.2) is 0 Å². The Balaban J connectivity index is 1.56. The Kier molecular flexibility index (Phi) is 5.83. The molecule has 2 N–H and O–H groups in total. The van der Waals surface area contributed by atoms with Crippen LogP contribution in [0.3, 0.4) is 0 Å². The zero-order chi connectivity index (χ0) is 24.6. The van der Waals surface area contributed by atoms with Crippen LogP contribution in [0.25, 0.3) is 0 Å². The van der Waals surface area contributed by atoms with E-state index in [9.17, 15) is 32.3 Å². The number of amides is 4. The van der Waals surface area contributed by atoms with E-state index >= 15 is 0 Å². The van der Waals surface area contributed by atoms with E-state index in [1.54, 1.807) is 6.07 Å². The van der Waals surface area contributed by atoms with Crippen LogP contribution in [0.1, 0.15) is 56.3 Å². The van der Waals surface area contributed by atoms with Crippen molar-refractivity contribution in [2.45, 2.75) is 37.6 Å². The molecule has 174 valence electrons. The number of imide groups is 1. The largest absolute Gasteiger partial charge is 0.412 e. The Morgan fingerprint density at radius 1 is 1.18 bits per heavy atom. The molecule has 2 aliphatic heterocycles. The molecule has 0 bridgehead atoms. The molecule has 0 saturated carbocycles. The Bertz CT molecular complexity index is 1250. The first-order valence-electron chi connectivity index (χ1n) is 10.2. The van der Waals surface area contributed by atoms with Crippen molar-refractivity contribution in [2.24, 2.45) is 0 Å². The summed E-state index contributed by atoms with van der Waals surface area (Å²) in [7, 11) is 0. The van der Waals surface area contributed by atoms with E-state index < -0.39 is 41.9 Å². The molecule has 2 aromatic carbocycles. The fraction of sp³-hybridized carbons (Fsp3) is 0.261. The van der Waals surface area contributed by atoms with Crippen molar-refractivity contribution >= 4 is 23.6 Å². The highest BCUT2D eigenvalue weighted by molar-refractivity contribution is 6.06. The van der Waals surface area contributed by atoms with Crippen LogP contribution < -0.4 is 10.6 Å². The minimum Gasteiger partial charge on any atom is -0.337 e. The molecule has 34 heavy (non-hydrogen) atoms. The third-order valence-corrected chi connectivity index (χ3v) is 5.74. The van der Waals surface area contributed by atoms with Crippen molar-refractivity contribution in [3.8, 4) is 6.07 Å². The second kappa shape index (κ2) is 8.62. The second-order valence-electron chi connectivity index (χ2n) is 7.96. The number of carbonyl (C=O) groups is 4. The van der Waals surface area contributed by atoms with E-state index in [0.29, 0.717) is 5.56 Å². The molecule has 2 aliphatic rings. The molecule has 1 saturated heterocycles. The molecule has 2 atom stereocenters. The minimum absolute atomic E-state index is 0.0191. The summed E-state index contributed by atoms with van der Waals surface area (Å²) in [6.07, 6.45) is -4.58. The molecule has 0 aliphatic carbocycles. The van der Waals surface area contributed by atoms with E-state index in [0.717, 1.165) is 6.07 Å². The molecule has 1 fully saturated rings. The van der Waals surface area contributed by atoms with Crippen molar-refractivity contribution in [3.63, 3.8) is 0 Å². The first-order valence-corrected chi connectivity index (χ1v) is 10.2. The van der Waals surface area contributed by atoms with Gasteiger partial charge in [0.25, 0.3) is 11.8 Å². The van der Waals surface area contributed by atoms with E-state index in [1.165, 1.54) is 41.3 Å². The number of fused-ring (bicyclic) bond motifs is 1. The molecule has 2 heterocycles. The van der Waals surface area contributed by atoms with Gasteiger partial charge in [0, 0.05) is 24.1 Å². The second-order valence-corrected chi connectivity index (χ2v) is 7.96. The number of benzene rings is 2. The highest BCUT2D eigenvalue weighted by Gasteiger charge is 2.43. The summed E-state index contributed by atoms with van der Waals surface area (Å²) in [5.74, 6) is -2.50. The Morgan fingerprint density at radius 3 is 2.62 bits per heavy atom. The van der Waals surface area contributed by atoms with E-state index in [4.69, 9.17) is 5.26 Å². The van der Waals surface area contributed by atoms with Gasteiger partial charge in [-0.3, -0.25) is 24.5 Å². The highest BCUT2D eigenvalue weighted by Crippen LogP contribution is 2.34. The first kappa shape index (κ1) is 23.0. The van der Waals surface area contributed by atoms with Gasteiger partial charge in [-0.05, 0) is 47.9 Å². The number of hydrogen-bond acceptors (Lipinski definition) is 5. The van der Waals surface area contributed by atoms with Crippen LogP contribution in [0.4, 0.5) is 13.2 Å². The van der Waals surface area contributed by atoms with E-state index in [2.05, 4.69) is 5.32 Å². The molecule has 0 radical (unpaired) electrons. The molecule has 1 unspecified atom stereocenters. The van der Waals surface area contributed by atoms with E-state index in [-0.39, 0.29) is 41.6 Å². The number of hydrogen-bond donors (Lipinski definition) is 2. The molecule has 8 nitrogen and oxygen atoms in total. The zero-order valence-corrected chi connectivity index (χ0v) is 17.5. The van der Waals surface area contributed by atoms with Crippen molar-refractivity contribution in [1.82, 2.24) is 15.5 Å². The Hall–Kier alpha value is -4.20. The summed E-state index contributed by atoms with van der Waals surface area (Å²) in [5.41, 5.74) is 0.251. The molecule has 2 aromatic rings. The van der Waals surface area contributed by atoms with Crippen LogP contribution in [-0.4, -0.2) is 40.7 Å². The highest BCUT2D eigenvalue weighted by atomic mass is 19.4. The van der Waals surface area contributed by atoms with Crippen molar-refractivity contribution < 1.29 is 32.3 Å². The topological polar surface area (TPSA) is 119 Å². The zero-order valence-electron chi connectivity index (χ0n) is 17.5. The third kappa shape index (κ3) is 4.34. The van der Waals surface area contributed by atoms with Gasteiger partial charge in [0.15, 0.2) is 6.04 Å². The summed E-state index contributed by atoms with van der Waals surface area (Å²) in [5, 5.41) is 13.1. The smallest absolute Gasteiger partial charge is 0.337 e. The van der Waals surface area contributed by atoms with Crippen molar-refractivity contribution in [2.75, 3.05) is 0 Å². The summed E-state index contributed by atoms with van der Waals surface area (Å²) in [6, 6.07) is 7.31. The first-order chi connectivity index (χ1) is 16.1. The maximum atomic E-state index is 13.7. The maximum absolute atomic E-state index is 13.7. The number of nitriles is 1. The standard InChI is InChI=1S/C23H17F3N4O4/c24-23(25,26)19(13-3-1-2-12(8-13)10-27)29-20(32)14-4-5-16-15(9-14)11-30(22(16)34)17-6-7-18(31)28-21(17)33/h1-5,8-9,17,19H,6-7,11H2,(H,29,32)(H,28,31,33)/t17?,19-/m1/s1. The Labute approximate surface area is 191 Å². The number of nitrogens with zero attached hydrogens (tertiary/aromatic N) is 2. The van der Waals surface area contributed by atoms with Gasteiger partial charge in [0.05, 0.1) is 11.6 Å². The quantitative estimate of drug-likeness (QED) is 0.665. The van der Waals surface area contributed by atoms with Crippen molar-refractivity contribution in [1.29, 1.82) is 5.26 Å². The fourth-order valence-corrected chi connectivity index (χ4v) is 4.07. The normalized spacial score (nSPS) is 18.7. The lowest BCUT2D eigenvalue weighted by atomic mass is 10.0. The molecule has 0 aromatic heterocycles. The van der Waals surface area contributed by atoms with Gasteiger partial charge in [0.2, 0.25) is 11.8 Å². The van der Waals surface area contributed by atoms with Crippen LogP contribution in [0.2, 0.25) is 0 Å². The van der Waals surface area contributed by atoms with Crippen molar-refractivity contribution in [3.05, 3.63) is 70.3 Å². The predicted octanol–water partition coefficient (Wildman–Crippen LogP) is 2.35. The van der Waals surface area contributed by atoms with Gasteiger partial charge in [0.1, 0.15) is 6.04 Å². The number of piperidine rings is 1. The lowest BCUT2D eigenvalue weighted by Gasteiger charge is -2.29. The molecular weight excluding hydrogens is 453 g/mol. The summed E-state index contributed by atoms with van der Waals surface area (Å²) in [4.78, 5) is 50.2. The van der Waals surface area contributed by atoms with Crippen LogP contribution in [0.15, 0.2) is 42.5 Å². The molecule has 0 spiro atoms. The minimum atomic E-state index is -4.82. The number of alkyl halides is 3. The number of nitrogens with one attached hydrogen (secondary N) is 2. The number of rotatable bonds is 4. The summed E-state index contributed by atoms with van der Waals surface area (Å²) >= 11 is 0. The van der Waals surface area contributed by atoms with E-state index in [1.807, 2.05) is 5.32 Å². The van der Waals surface area contributed by atoms with Gasteiger partial charge < -0.3 is 10.2 Å². The summed E-state index contributed by atoms with van der Waals surface area (Å²) in [6.45, 7) is -0.0194. The molecule has 4 rings (SSSR count).